The first-order valence-corrected chi connectivity index (χ1v) is 8.95. The van der Waals surface area contributed by atoms with Crippen LogP contribution < -0.4 is 11.1 Å². The summed E-state index contributed by atoms with van der Waals surface area (Å²) < 4.78 is 5.32. The van der Waals surface area contributed by atoms with Gasteiger partial charge in [0.15, 0.2) is 0 Å². The van der Waals surface area contributed by atoms with Gasteiger partial charge in [-0.05, 0) is 36.6 Å². The number of aromatic nitrogens is 3. The predicted octanol–water partition coefficient (Wildman–Crippen LogP) is 2.57. The van der Waals surface area contributed by atoms with E-state index in [0.29, 0.717) is 18.3 Å². The highest BCUT2D eigenvalue weighted by molar-refractivity contribution is 5.78. The van der Waals surface area contributed by atoms with Crippen molar-refractivity contribution in [3.63, 3.8) is 0 Å². The van der Waals surface area contributed by atoms with Gasteiger partial charge >= 0.3 is 0 Å². The number of nitrogens with one attached hydrogen (secondary N) is 1. The fourth-order valence-corrected chi connectivity index (χ4v) is 2.71. The zero-order chi connectivity index (χ0) is 19.2. The van der Waals surface area contributed by atoms with E-state index in [9.17, 15) is 4.79 Å². The van der Waals surface area contributed by atoms with Crippen LogP contribution in [0.1, 0.15) is 42.6 Å². The minimum Gasteiger partial charge on any atom is -0.344 e. The molecular weight excluding hydrogens is 342 g/mol. The molecule has 1 aromatic carbocycles. The first kappa shape index (κ1) is 18.7. The molecule has 0 saturated heterocycles. The summed E-state index contributed by atoms with van der Waals surface area (Å²) >= 11 is 0. The lowest BCUT2D eigenvalue weighted by Crippen LogP contribution is -2.28. The molecule has 0 radical (unpaired) electrons. The summed E-state index contributed by atoms with van der Waals surface area (Å²) in [5.41, 5.74) is 9.32. The number of nitrogens with zero attached hydrogens (tertiary/aromatic N) is 3. The van der Waals surface area contributed by atoms with E-state index < -0.39 is 0 Å². The van der Waals surface area contributed by atoms with E-state index in [1.165, 1.54) is 5.56 Å². The zero-order valence-electron chi connectivity index (χ0n) is 15.5. The average Bonchev–Trinajstić information content (AvgIpc) is 3.18. The number of carbonyl (C=O) groups is 1. The van der Waals surface area contributed by atoms with Crippen molar-refractivity contribution < 1.29 is 9.32 Å². The molecule has 0 spiro atoms. The van der Waals surface area contributed by atoms with Gasteiger partial charge in [-0.15, -0.1) is 0 Å². The standard InChI is InChI=1S/C20H23N5O2/c1-3-14-4-6-16(7-5-14)19-24-20(27-25-19)13(2)23-18(26)11-15-8-9-22-17(10-15)12-21/h4-10,13H,3,11-12,21H2,1-2H3,(H,23,26). The molecule has 0 aliphatic carbocycles. The van der Waals surface area contributed by atoms with Crippen molar-refractivity contribution in [2.75, 3.05) is 0 Å². The Morgan fingerprint density at radius 2 is 2.00 bits per heavy atom. The summed E-state index contributed by atoms with van der Waals surface area (Å²) in [6, 6.07) is 11.3. The molecule has 0 saturated carbocycles. The quantitative estimate of drug-likeness (QED) is 0.666. The number of rotatable bonds is 7. The molecule has 0 bridgehead atoms. The highest BCUT2D eigenvalue weighted by Gasteiger charge is 2.17. The molecule has 2 heterocycles. The van der Waals surface area contributed by atoms with E-state index >= 15 is 0 Å². The van der Waals surface area contributed by atoms with Gasteiger partial charge in [0.1, 0.15) is 6.04 Å². The third-order valence-corrected chi connectivity index (χ3v) is 4.26. The minimum atomic E-state index is -0.385. The Balaban J connectivity index is 1.62. The van der Waals surface area contributed by atoms with Gasteiger partial charge in [0.05, 0.1) is 12.1 Å². The fourth-order valence-electron chi connectivity index (χ4n) is 2.71. The van der Waals surface area contributed by atoms with Crippen LogP contribution in [0.2, 0.25) is 0 Å². The molecule has 140 valence electrons. The molecule has 7 nitrogen and oxygen atoms in total. The van der Waals surface area contributed by atoms with Gasteiger partial charge in [-0.1, -0.05) is 36.3 Å². The van der Waals surface area contributed by atoms with E-state index in [1.807, 2.05) is 37.3 Å². The van der Waals surface area contributed by atoms with Crippen molar-refractivity contribution in [2.24, 2.45) is 5.73 Å². The maximum Gasteiger partial charge on any atom is 0.249 e. The second-order valence-electron chi connectivity index (χ2n) is 6.33. The van der Waals surface area contributed by atoms with Crippen LogP contribution in [0, 0.1) is 0 Å². The fraction of sp³-hybridized carbons (Fsp3) is 0.300. The van der Waals surface area contributed by atoms with Gasteiger partial charge in [-0.25, -0.2) is 0 Å². The zero-order valence-corrected chi connectivity index (χ0v) is 15.5. The van der Waals surface area contributed by atoms with Gasteiger partial charge in [0, 0.05) is 18.3 Å². The topological polar surface area (TPSA) is 107 Å². The number of hydrogen-bond donors (Lipinski definition) is 2. The number of aryl methyl sites for hydroxylation is 1. The molecule has 2 aromatic heterocycles. The number of benzene rings is 1. The predicted molar refractivity (Wildman–Crippen MR) is 102 cm³/mol. The van der Waals surface area contributed by atoms with E-state index in [-0.39, 0.29) is 18.4 Å². The molecule has 3 aromatic rings. The van der Waals surface area contributed by atoms with Crippen LogP contribution in [-0.2, 0) is 24.2 Å². The molecule has 0 aliphatic rings. The number of nitrogens with two attached hydrogens (primary N) is 1. The van der Waals surface area contributed by atoms with Crippen LogP contribution in [0.25, 0.3) is 11.4 Å². The second kappa shape index (κ2) is 8.55. The highest BCUT2D eigenvalue weighted by Crippen LogP contribution is 2.19. The van der Waals surface area contributed by atoms with Crippen molar-refractivity contribution >= 4 is 5.91 Å². The van der Waals surface area contributed by atoms with Crippen molar-refractivity contribution in [3.8, 4) is 11.4 Å². The van der Waals surface area contributed by atoms with Crippen molar-refractivity contribution in [3.05, 3.63) is 65.3 Å². The maximum absolute atomic E-state index is 12.3. The summed E-state index contributed by atoms with van der Waals surface area (Å²) in [6.07, 6.45) is 2.87. The lowest BCUT2D eigenvalue weighted by Gasteiger charge is -2.10. The Bertz CT molecular complexity index is 905. The molecule has 0 fully saturated rings. The first-order valence-electron chi connectivity index (χ1n) is 8.95. The summed E-state index contributed by atoms with van der Waals surface area (Å²) in [4.78, 5) is 20.8. The average molecular weight is 365 g/mol. The number of carbonyl (C=O) groups excluding carboxylic acids is 1. The molecule has 3 rings (SSSR count). The van der Waals surface area contributed by atoms with Crippen molar-refractivity contribution in [1.29, 1.82) is 0 Å². The number of hydrogen-bond acceptors (Lipinski definition) is 6. The molecule has 7 heteroatoms. The van der Waals surface area contributed by atoms with E-state index in [2.05, 4.69) is 27.4 Å². The Labute approximate surface area is 158 Å². The Morgan fingerprint density at radius 3 is 2.70 bits per heavy atom. The van der Waals surface area contributed by atoms with Crippen LogP contribution in [0.4, 0.5) is 0 Å². The molecule has 27 heavy (non-hydrogen) atoms. The van der Waals surface area contributed by atoms with Gasteiger partial charge in [-0.2, -0.15) is 4.98 Å². The lowest BCUT2D eigenvalue weighted by molar-refractivity contribution is -0.121. The largest absolute Gasteiger partial charge is 0.344 e. The summed E-state index contributed by atoms with van der Waals surface area (Å²) in [5.74, 6) is 0.745. The first-order chi connectivity index (χ1) is 13.1. The smallest absolute Gasteiger partial charge is 0.249 e. The highest BCUT2D eigenvalue weighted by atomic mass is 16.5. The van der Waals surface area contributed by atoms with Crippen LogP contribution in [0.15, 0.2) is 47.1 Å². The molecule has 3 N–H and O–H groups in total. The molecule has 1 amide bonds. The maximum atomic E-state index is 12.3. The molecular formula is C20H23N5O2. The van der Waals surface area contributed by atoms with E-state index in [4.69, 9.17) is 10.3 Å². The van der Waals surface area contributed by atoms with Crippen LogP contribution >= 0.6 is 0 Å². The van der Waals surface area contributed by atoms with Gasteiger partial charge in [-0.3, -0.25) is 9.78 Å². The monoisotopic (exact) mass is 365 g/mol. The summed E-state index contributed by atoms with van der Waals surface area (Å²) in [7, 11) is 0. The summed E-state index contributed by atoms with van der Waals surface area (Å²) in [6.45, 7) is 4.26. The van der Waals surface area contributed by atoms with Crippen LogP contribution in [0.3, 0.4) is 0 Å². The minimum absolute atomic E-state index is 0.135. The van der Waals surface area contributed by atoms with Crippen molar-refractivity contribution in [1.82, 2.24) is 20.4 Å². The van der Waals surface area contributed by atoms with Crippen LogP contribution in [0.5, 0.6) is 0 Å². The Kier molecular flexibility index (Phi) is 5.93. The third kappa shape index (κ3) is 4.77. The van der Waals surface area contributed by atoms with Gasteiger partial charge in [0.25, 0.3) is 0 Å². The van der Waals surface area contributed by atoms with Gasteiger partial charge < -0.3 is 15.6 Å². The number of pyridine rings is 1. The second-order valence-corrected chi connectivity index (χ2v) is 6.33. The van der Waals surface area contributed by atoms with E-state index in [0.717, 1.165) is 23.2 Å². The van der Waals surface area contributed by atoms with Gasteiger partial charge in [0.2, 0.25) is 17.6 Å². The normalized spacial score (nSPS) is 12.0. The Hall–Kier alpha value is -3.06. The SMILES string of the molecule is CCc1ccc(-c2noc(C(C)NC(=O)Cc3ccnc(CN)c3)n2)cc1. The third-order valence-electron chi connectivity index (χ3n) is 4.26. The molecule has 0 aliphatic heterocycles. The number of amides is 1. The molecule has 1 unspecified atom stereocenters. The molecule has 1 atom stereocenters. The van der Waals surface area contributed by atoms with Crippen LogP contribution in [-0.4, -0.2) is 21.0 Å². The summed E-state index contributed by atoms with van der Waals surface area (Å²) in [5, 5.41) is 6.90. The Morgan fingerprint density at radius 1 is 1.22 bits per heavy atom. The lowest BCUT2D eigenvalue weighted by atomic mass is 10.1. The van der Waals surface area contributed by atoms with E-state index in [1.54, 1.807) is 12.3 Å². The van der Waals surface area contributed by atoms with Crippen molar-refractivity contribution in [2.45, 2.75) is 39.3 Å².